The van der Waals surface area contributed by atoms with E-state index >= 15 is 0 Å². The van der Waals surface area contributed by atoms with Crippen molar-refractivity contribution in [3.05, 3.63) is 52.1 Å². The number of nitrogens with one attached hydrogen (secondary N) is 2. The van der Waals surface area contributed by atoms with Gasteiger partial charge in [0.2, 0.25) is 5.82 Å². The molecule has 0 unspecified atom stereocenters. The summed E-state index contributed by atoms with van der Waals surface area (Å²) in [6.45, 7) is -1.63. The average molecular weight is 517 g/mol. The number of anilines is 1. The molecular formula is C19H13ClF8N4O2. The molecule has 0 bridgehead atoms. The highest BCUT2D eigenvalue weighted by molar-refractivity contribution is 6.34. The highest BCUT2D eigenvalue weighted by Crippen LogP contribution is 2.45. The van der Waals surface area contributed by atoms with E-state index in [2.05, 4.69) is 15.3 Å². The van der Waals surface area contributed by atoms with Crippen LogP contribution in [0, 0.1) is 0 Å². The summed E-state index contributed by atoms with van der Waals surface area (Å²) in [5.74, 6) is -9.83. The Hall–Kier alpha value is -3.03. The van der Waals surface area contributed by atoms with Crippen LogP contribution in [0.3, 0.4) is 0 Å². The summed E-state index contributed by atoms with van der Waals surface area (Å²) >= 11 is 5.83. The first kappa shape index (κ1) is 25.6. The van der Waals surface area contributed by atoms with Gasteiger partial charge in [0.05, 0.1) is 21.8 Å². The predicted octanol–water partition coefficient (Wildman–Crippen LogP) is 5.21. The normalized spacial score (nSPS) is 14.6. The van der Waals surface area contributed by atoms with E-state index in [1.54, 1.807) is 5.32 Å². The van der Waals surface area contributed by atoms with Gasteiger partial charge >= 0.3 is 18.3 Å². The largest absolute Gasteiger partial charge is 0.461 e. The van der Waals surface area contributed by atoms with Gasteiger partial charge in [0, 0.05) is 17.8 Å². The second-order valence-electron chi connectivity index (χ2n) is 7.29. The molecule has 2 aromatic rings. The third-order valence-electron chi connectivity index (χ3n) is 4.58. The third-order valence-corrected chi connectivity index (χ3v) is 4.91. The number of aromatic nitrogens is 2. The van der Waals surface area contributed by atoms with E-state index in [0.29, 0.717) is 19.0 Å². The molecule has 0 spiro atoms. The van der Waals surface area contributed by atoms with Gasteiger partial charge in [0.1, 0.15) is 6.54 Å². The Morgan fingerprint density at radius 1 is 1.00 bits per heavy atom. The van der Waals surface area contributed by atoms with Crippen LogP contribution >= 0.6 is 11.6 Å². The maximum atomic E-state index is 13.6. The zero-order valence-electron chi connectivity index (χ0n) is 16.6. The Kier molecular flexibility index (Phi) is 6.75. The summed E-state index contributed by atoms with van der Waals surface area (Å²) in [6, 6.07) is 3.28. The van der Waals surface area contributed by atoms with Crippen LogP contribution in [0.5, 0.6) is 0 Å². The van der Waals surface area contributed by atoms with Crippen molar-refractivity contribution in [3.8, 4) is 0 Å². The number of benzene rings is 1. The number of carbonyl (C=O) groups excluding carboxylic acids is 2. The van der Waals surface area contributed by atoms with Gasteiger partial charge in [-0.05, 0) is 31.0 Å². The molecule has 0 radical (unpaired) electrons. The predicted molar refractivity (Wildman–Crippen MR) is 102 cm³/mol. The summed E-state index contributed by atoms with van der Waals surface area (Å²) in [5.41, 5.74) is -1.19. The van der Waals surface area contributed by atoms with Gasteiger partial charge in [0.25, 0.3) is 11.8 Å². The Balaban J connectivity index is 1.85. The molecule has 184 valence electrons. The van der Waals surface area contributed by atoms with Crippen molar-refractivity contribution in [1.82, 2.24) is 15.3 Å². The first-order valence-corrected chi connectivity index (χ1v) is 9.76. The van der Waals surface area contributed by atoms with Gasteiger partial charge in [-0.3, -0.25) is 9.59 Å². The van der Waals surface area contributed by atoms with E-state index < -0.39 is 53.9 Å². The van der Waals surface area contributed by atoms with Gasteiger partial charge in [-0.2, -0.15) is 35.1 Å². The van der Waals surface area contributed by atoms with Crippen LogP contribution in [-0.2, 0) is 5.92 Å². The first-order chi connectivity index (χ1) is 15.6. The minimum atomic E-state index is -5.94. The van der Waals surface area contributed by atoms with Crippen molar-refractivity contribution in [1.29, 1.82) is 0 Å². The quantitative estimate of drug-likeness (QED) is 0.517. The standard InChI is InChI=1S/C19H13ClF8N4O2/c20-12-4-3-9(5-10(12)14(33)30-7-17(21,22)23)31-15(34)11-6-29-16(18(24,25)19(26,27)28)32-13(11)8-1-2-8/h3-6,8H,1-2,7H2,(H,30,33)(H,31,34). The summed E-state index contributed by atoms with van der Waals surface area (Å²) in [7, 11) is 0. The molecule has 2 amide bonds. The number of hydrogen-bond acceptors (Lipinski definition) is 4. The maximum Gasteiger partial charge on any atom is 0.461 e. The Labute approximate surface area is 190 Å². The summed E-state index contributed by atoms with van der Waals surface area (Å²) in [6.07, 6.45) is -9.28. The summed E-state index contributed by atoms with van der Waals surface area (Å²) < 4.78 is 102. The highest BCUT2D eigenvalue weighted by Gasteiger charge is 2.61. The molecule has 1 aromatic heterocycles. The third kappa shape index (κ3) is 5.72. The van der Waals surface area contributed by atoms with E-state index in [0.717, 1.165) is 12.1 Å². The van der Waals surface area contributed by atoms with Gasteiger partial charge in [-0.1, -0.05) is 11.6 Å². The van der Waals surface area contributed by atoms with Crippen LogP contribution in [-0.4, -0.2) is 40.7 Å². The number of halogens is 9. The molecule has 0 saturated heterocycles. The van der Waals surface area contributed by atoms with Crippen molar-refractivity contribution in [2.75, 3.05) is 11.9 Å². The Morgan fingerprint density at radius 2 is 1.65 bits per heavy atom. The van der Waals surface area contributed by atoms with Crippen molar-refractivity contribution in [3.63, 3.8) is 0 Å². The van der Waals surface area contributed by atoms with Crippen LogP contribution in [0.1, 0.15) is 51.0 Å². The van der Waals surface area contributed by atoms with E-state index in [1.807, 2.05) is 0 Å². The van der Waals surface area contributed by atoms with Crippen LogP contribution in [0.25, 0.3) is 0 Å². The summed E-state index contributed by atoms with van der Waals surface area (Å²) in [5, 5.41) is 3.66. The second kappa shape index (κ2) is 8.96. The zero-order chi connectivity index (χ0) is 25.5. The molecule has 1 aliphatic carbocycles. The molecule has 0 aliphatic heterocycles. The van der Waals surface area contributed by atoms with Crippen LogP contribution in [0.2, 0.25) is 5.02 Å². The lowest BCUT2D eigenvalue weighted by Crippen LogP contribution is -2.36. The second-order valence-corrected chi connectivity index (χ2v) is 7.69. The molecule has 1 aromatic carbocycles. The topological polar surface area (TPSA) is 84.0 Å². The lowest BCUT2D eigenvalue weighted by atomic mass is 10.1. The number of carbonyl (C=O) groups is 2. The molecule has 1 saturated carbocycles. The van der Waals surface area contributed by atoms with Gasteiger partial charge in [0.15, 0.2) is 0 Å². The monoisotopic (exact) mass is 516 g/mol. The molecule has 1 aliphatic rings. The van der Waals surface area contributed by atoms with E-state index in [1.165, 1.54) is 6.07 Å². The average Bonchev–Trinajstić information content (AvgIpc) is 3.57. The van der Waals surface area contributed by atoms with Gasteiger partial charge in [-0.15, -0.1) is 0 Å². The van der Waals surface area contributed by atoms with Crippen LogP contribution in [0.4, 0.5) is 40.8 Å². The fourth-order valence-electron chi connectivity index (χ4n) is 2.77. The van der Waals surface area contributed by atoms with E-state index in [9.17, 15) is 44.7 Å². The molecule has 1 heterocycles. The molecule has 1 fully saturated rings. The van der Waals surface area contributed by atoms with Crippen molar-refractivity contribution in [2.24, 2.45) is 0 Å². The molecule has 6 nitrogen and oxygen atoms in total. The van der Waals surface area contributed by atoms with Crippen molar-refractivity contribution >= 4 is 29.1 Å². The van der Waals surface area contributed by atoms with Crippen molar-refractivity contribution < 1.29 is 44.7 Å². The Bertz CT molecular complexity index is 1120. The molecule has 34 heavy (non-hydrogen) atoms. The van der Waals surface area contributed by atoms with Crippen LogP contribution < -0.4 is 10.6 Å². The number of amides is 2. The molecule has 3 rings (SSSR count). The fourth-order valence-corrected chi connectivity index (χ4v) is 2.97. The van der Waals surface area contributed by atoms with Crippen molar-refractivity contribution in [2.45, 2.75) is 37.0 Å². The molecular weight excluding hydrogens is 504 g/mol. The van der Waals surface area contributed by atoms with E-state index in [4.69, 9.17) is 11.6 Å². The first-order valence-electron chi connectivity index (χ1n) is 9.38. The maximum absolute atomic E-state index is 13.6. The summed E-state index contributed by atoms with van der Waals surface area (Å²) in [4.78, 5) is 31.0. The highest BCUT2D eigenvalue weighted by atomic mass is 35.5. The number of rotatable bonds is 6. The molecule has 0 atom stereocenters. The smallest absolute Gasteiger partial charge is 0.343 e. The lowest BCUT2D eigenvalue weighted by Gasteiger charge is -2.19. The lowest BCUT2D eigenvalue weighted by molar-refractivity contribution is -0.292. The minimum Gasteiger partial charge on any atom is -0.343 e. The van der Waals surface area contributed by atoms with Gasteiger partial charge in [-0.25, -0.2) is 9.97 Å². The zero-order valence-corrected chi connectivity index (χ0v) is 17.4. The van der Waals surface area contributed by atoms with E-state index in [-0.39, 0.29) is 22.0 Å². The Morgan fingerprint density at radius 3 is 2.21 bits per heavy atom. The number of hydrogen-bond donors (Lipinski definition) is 2. The fraction of sp³-hybridized carbons (Fsp3) is 0.368. The number of nitrogens with zero attached hydrogens (tertiary/aromatic N) is 2. The molecule has 2 N–H and O–H groups in total. The van der Waals surface area contributed by atoms with Crippen LogP contribution in [0.15, 0.2) is 24.4 Å². The SMILES string of the molecule is O=C(NCC(F)(F)F)c1cc(NC(=O)c2cnc(C(F)(F)C(F)(F)F)nc2C2CC2)ccc1Cl. The minimum absolute atomic E-state index is 0.113. The number of alkyl halides is 8. The molecule has 15 heteroatoms. The van der Waals surface area contributed by atoms with Gasteiger partial charge < -0.3 is 10.6 Å².